The van der Waals surface area contributed by atoms with Crippen molar-refractivity contribution < 1.29 is 18.0 Å². The Bertz CT molecular complexity index is 889. The second-order valence-electron chi connectivity index (χ2n) is 9.07. The van der Waals surface area contributed by atoms with E-state index in [0.717, 1.165) is 19.3 Å². The maximum absolute atomic E-state index is 13.0. The van der Waals surface area contributed by atoms with Gasteiger partial charge in [0, 0.05) is 36.7 Å². The average molecular weight is 472 g/mol. The molecule has 0 radical (unpaired) electrons. The highest BCUT2D eigenvalue weighted by Crippen LogP contribution is 2.26. The molecule has 1 aromatic carbocycles. The second-order valence-corrected chi connectivity index (χ2v) is 11.1. The molecule has 0 aromatic heterocycles. The number of likely N-dealkylation sites (tertiary alicyclic amines) is 1. The average Bonchev–Trinajstić information content (AvgIpc) is 2.69. The van der Waals surface area contributed by atoms with Crippen molar-refractivity contribution in [3.8, 4) is 0 Å². The van der Waals surface area contributed by atoms with Gasteiger partial charge in [-0.05, 0) is 58.2 Å². The molecule has 2 rings (SSSR count). The number of unbranched alkanes of at least 4 members (excludes halogenated alkanes) is 2. The summed E-state index contributed by atoms with van der Waals surface area (Å²) in [5.41, 5.74) is -0.414. The van der Waals surface area contributed by atoms with E-state index >= 15 is 0 Å². The molecule has 2 N–H and O–H groups in total. The van der Waals surface area contributed by atoms with Gasteiger partial charge < -0.3 is 10.2 Å². The predicted octanol–water partition coefficient (Wildman–Crippen LogP) is 3.58. The molecule has 7 nitrogen and oxygen atoms in total. The van der Waals surface area contributed by atoms with Crippen LogP contribution in [0.1, 0.15) is 70.2 Å². The summed E-state index contributed by atoms with van der Waals surface area (Å²) in [6.45, 7) is 8.92. The molecule has 1 fully saturated rings. The Kier molecular flexibility index (Phi) is 8.92. The zero-order valence-electron chi connectivity index (χ0n) is 18.8. The summed E-state index contributed by atoms with van der Waals surface area (Å²) in [5, 5.41) is 3.04. The molecule has 1 aromatic rings. The van der Waals surface area contributed by atoms with E-state index in [4.69, 9.17) is 11.6 Å². The van der Waals surface area contributed by atoms with Crippen molar-refractivity contribution in [1.29, 1.82) is 0 Å². The molecule has 1 heterocycles. The molecule has 31 heavy (non-hydrogen) atoms. The normalized spacial score (nSPS) is 15.7. The Balaban J connectivity index is 2.03. The standard InChI is InChI=1S/C22H34ClN3O4S/c1-5-6-7-12-24-20(27)16-10-13-26(14-11-16)21(28)17-8-9-18(23)19(15-17)31(29,30)25-22(2,3)4/h8-9,15-16,25H,5-7,10-14H2,1-4H3,(H,24,27). The molecule has 9 heteroatoms. The Hall–Kier alpha value is -1.64. The highest BCUT2D eigenvalue weighted by Gasteiger charge is 2.29. The Morgan fingerprint density at radius 1 is 1.16 bits per heavy atom. The van der Waals surface area contributed by atoms with Gasteiger partial charge in [-0.1, -0.05) is 31.4 Å². The number of amides is 2. The third-order valence-electron chi connectivity index (χ3n) is 5.14. The van der Waals surface area contributed by atoms with Gasteiger partial charge in [-0.25, -0.2) is 13.1 Å². The number of benzene rings is 1. The fraction of sp³-hybridized carbons (Fsp3) is 0.636. The molecule has 0 bridgehead atoms. The van der Waals surface area contributed by atoms with E-state index in [0.29, 0.717) is 32.5 Å². The van der Waals surface area contributed by atoms with Crippen molar-refractivity contribution >= 4 is 33.4 Å². The number of sulfonamides is 1. The molecule has 2 amide bonds. The lowest BCUT2D eigenvalue weighted by atomic mass is 9.95. The first-order chi connectivity index (χ1) is 14.4. The highest BCUT2D eigenvalue weighted by atomic mass is 35.5. The van der Waals surface area contributed by atoms with Gasteiger partial charge in [-0.15, -0.1) is 0 Å². The number of rotatable bonds is 8. The lowest BCUT2D eigenvalue weighted by Crippen LogP contribution is -2.43. The highest BCUT2D eigenvalue weighted by molar-refractivity contribution is 7.89. The van der Waals surface area contributed by atoms with Gasteiger partial charge in [0.1, 0.15) is 4.90 Å². The maximum atomic E-state index is 13.0. The fourth-order valence-corrected chi connectivity index (χ4v) is 5.50. The molecule has 1 aliphatic rings. The van der Waals surface area contributed by atoms with Gasteiger partial charge in [0.05, 0.1) is 5.02 Å². The zero-order valence-corrected chi connectivity index (χ0v) is 20.4. The topological polar surface area (TPSA) is 95.6 Å². The van der Waals surface area contributed by atoms with Gasteiger partial charge in [0.25, 0.3) is 5.91 Å². The first kappa shape index (κ1) is 25.6. The van der Waals surface area contributed by atoms with E-state index in [2.05, 4.69) is 17.0 Å². The number of halogens is 1. The van der Waals surface area contributed by atoms with Crippen molar-refractivity contribution in [2.45, 2.75) is 70.2 Å². The third kappa shape index (κ3) is 7.47. The quantitative estimate of drug-likeness (QED) is 0.566. The minimum absolute atomic E-state index is 0.0522. The van der Waals surface area contributed by atoms with E-state index in [-0.39, 0.29) is 33.2 Å². The molecule has 0 spiro atoms. The van der Waals surface area contributed by atoms with E-state index in [1.165, 1.54) is 18.2 Å². The van der Waals surface area contributed by atoms with E-state index in [9.17, 15) is 18.0 Å². The minimum atomic E-state index is -3.87. The van der Waals surface area contributed by atoms with Gasteiger partial charge >= 0.3 is 0 Å². The summed E-state index contributed by atoms with van der Waals surface area (Å²) in [7, 11) is -3.87. The Morgan fingerprint density at radius 2 is 1.81 bits per heavy atom. The van der Waals surface area contributed by atoms with Crippen LogP contribution in [0.4, 0.5) is 0 Å². The van der Waals surface area contributed by atoms with E-state index in [1.807, 2.05) is 0 Å². The van der Waals surface area contributed by atoms with Gasteiger partial charge in [0.2, 0.25) is 15.9 Å². The molecular formula is C22H34ClN3O4S. The molecule has 0 saturated carbocycles. The van der Waals surface area contributed by atoms with Crippen molar-refractivity contribution in [3.05, 3.63) is 28.8 Å². The number of carbonyl (C=O) groups is 2. The lowest BCUT2D eigenvalue weighted by molar-refractivity contribution is -0.126. The number of piperidine rings is 1. The number of hydrogen-bond donors (Lipinski definition) is 2. The summed E-state index contributed by atoms with van der Waals surface area (Å²) in [6.07, 6.45) is 4.37. The van der Waals surface area contributed by atoms with Crippen LogP contribution in [0.25, 0.3) is 0 Å². The van der Waals surface area contributed by atoms with Crippen LogP contribution in [0.15, 0.2) is 23.1 Å². The maximum Gasteiger partial charge on any atom is 0.253 e. The van der Waals surface area contributed by atoms with Crippen LogP contribution in [-0.2, 0) is 14.8 Å². The zero-order chi connectivity index (χ0) is 23.2. The van der Waals surface area contributed by atoms with Crippen LogP contribution in [0.2, 0.25) is 5.02 Å². The number of hydrogen-bond acceptors (Lipinski definition) is 4. The van der Waals surface area contributed by atoms with Crippen LogP contribution in [-0.4, -0.2) is 50.3 Å². The van der Waals surface area contributed by atoms with E-state index in [1.54, 1.807) is 25.7 Å². The molecule has 1 aliphatic heterocycles. The van der Waals surface area contributed by atoms with Crippen LogP contribution in [0.3, 0.4) is 0 Å². The summed E-state index contributed by atoms with van der Waals surface area (Å²) in [4.78, 5) is 26.8. The van der Waals surface area contributed by atoms with Crippen molar-refractivity contribution in [3.63, 3.8) is 0 Å². The van der Waals surface area contributed by atoms with Gasteiger partial charge in [-0.2, -0.15) is 0 Å². The lowest BCUT2D eigenvalue weighted by Gasteiger charge is -2.31. The van der Waals surface area contributed by atoms with Gasteiger partial charge in [-0.3, -0.25) is 9.59 Å². The SMILES string of the molecule is CCCCCNC(=O)C1CCN(C(=O)c2ccc(Cl)c(S(=O)(=O)NC(C)(C)C)c2)CC1. The second kappa shape index (κ2) is 10.8. The first-order valence-corrected chi connectivity index (χ1v) is 12.7. The fourth-order valence-electron chi connectivity index (χ4n) is 3.56. The monoisotopic (exact) mass is 471 g/mol. The van der Waals surface area contributed by atoms with Crippen molar-refractivity contribution in [1.82, 2.24) is 14.9 Å². The van der Waals surface area contributed by atoms with Crippen LogP contribution >= 0.6 is 11.6 Å². The molecule has 0 aliphatic carbocycles. The van der Waals surface area contributed by atoms with E-state index < -0.39 is 15.6 Å². The summed E-state index contributed by atoms with van der Waals surface area (Å²) in [6, 6.07) is 4.29. The molecule has 0 atom stereocenters. The van der Waals surface area contributed by atoms with Crippen LogP contribution in [0.5, 0.6) is 0 Å². The number of carbonyl (C=O) groups excluding carboxylic acids is 2. The summed E-state index contributed by atoms with van der Waals surface area (Å²) >= 11 is 6.13. The summed E-state index contributed by atoms with van der Waals surface area (Å²) in [5.74, 6) is -0.301. The first-order valence-electron chi connectivity index (χ1n) is 10.8. The molecular weight excluding hydrogens is 438 g/mol. The Morgan fingerprint density at radius 3 is 2.39 bits per heavy atom. The summed E-state index contributed by atoms with van der Waals surface area (Å²) < 4.78 is 28.0. The smallest absolute Gasteiger partial charge is 0.253 e. The van der Waals surface area contributed by atoms with Crippen molar-refractivity contribution in [2.24, 2.45) is 5.92 Å². The molecule has 174 valence electrons. The predicted molar refractivity (Wildman–Crippen MR) is 123 cm³/mol. The van der Waals surface area contributed by atoms with Crippen LogP contribution < -0.4 is 10.0 Å². The Labute approximate surface area is 191 Å². The van der Waals surface area contributed by atoms with Crippen LogP contribution in [0, 0.1) is 5.92 Å². The molecule has 1 saturated heterocycles. The van der Waals surface area contributed by atoms with Crippen molar-refractivity contribution in [2.75, 3.05) is 19.6 Å². The minimum Gasteiger partial charge on any atom is -0.356 e. The number of nitrogens with zero attached hydrogens (tertiary/aromatic N) is 1. The third-order valence-corrected chi connectivity index (χ3v) is 7.38. The molecule has 0 unspecified atom stereocenters. The number of nitrogens with one attached hydrogen (secondary N) is 2. The van der Waals surface area contributed by atoms with Gasteiger partial charge in [0.15, 0.2) is 0 Å². The largest absolute Gasteiger partial charge is 0.356 e.